The van der Waals surface area contributed by atoms with E-state index >= 15 is 0 Å². The predicted molar refractivity (Wildman–Crippen MR) is 113 cm³/mol. The van der Waals surface area contributed by atoms with Crippen LogP contribution in [0.15, 0.2) is 47.4 Å². The van der Waals surface area contributed by atoms with E-state index in [2.05, 4.69) is 5.32 Å². The monoisotopic (exact) mass is 449 g/mol. The first kappa shape index (κ1) is 24.0. The van der Waals surface area contributed by atoms with E-state index in [4.69, 9.17) is 4.74 Å². The van der Waals surface area contributed by atoms with E-state index < -0.39 is 33.4 Å². The Morgan fingerprint density at radius 2 is 1.77 bits per heavy atom. The van der Waals surface area contributed by atoms with Gasteiger partial charge >= 0.3 is 5.97 Å². The second kappa shape index (κ2) is 10.1. The number of benzene rings is 2. The van der Waals surface area contributed by atoms with Crippen LogP contribution in [0.4, 0.5) is 11.4 Å². The molecule has 2 aromatic rings. The van der Waals surface area contributed by atoms with Gasteiger partial charge in [0.15, 0.2) is 6.61 Å². The largest absolute Gasteiger partial charge is 0.452 e. The first-order chi connectivity index (χ1) is 14.6. The number of esters is 1. The molecule has 0 saturated carbocycles. The topological polar surface area (TPSA) is 136 Å². The number of sulfonamides is 1. The number of amides is 1. The van der Waals surface area contributed by atoms with Crippen molar-refractivity contribution in [1.82, 2.24) is 4.31 Å². The molecule has 2 aromatic carbocycles. The van der Waals surface area contributed by atoms with Crippen molar-refractivity contribution in [2.75, 3.05) is 25.0 Å². The molecule has 31 heavy (non-hydrogen) atoms. The fourth-order valence-corrected chi connectivity index (χ4v) is 4.36. The highest BCUT2D eigenvalue weighted by atomic mass is 32.2. The van der Waals surface area contributed by atoms with Crippen LogP contribution >= 0.6 is 0 Å². The fraction of sp³-hybridized carbons (Fsp3) is 0.300. The van der Waals surface area contributed by atoms with Crippen LogP contribution in [0.2, 0.25) is 0 Å². The molecule has 0 bridgehead atoms. The maximum absolute atomic E-state index is 12.6. The van der Waals surface area contributed by atoms with E-state index in [1.54, 1.807) is 13.8 Å². The average molecular weight is 449 g/mol. The van der Waals surface area contributed by atoms with E-state index in [0.29, 0.717) is 0 Å². The lowest BCUT2D eigenvalue weighted by molar-refractivity contribution is -0.385. The quantitative estimate of drug-likeness (QED) is 0.353. The van der Waals surface area contributed by atoms with E-state index in [1.807, 2.05) is 0 Å². The zero-order valence-corrected chi connectivity index (χ0v) is 18.1. The molecule has 0 aromatic heterocycles. The van der Waals surface area contributed by atoms with Gasteiger partial charge in [-0.2, -0.15) is 4.31 Å². The van der Waals surface area contributed by atoms with Crippen LogP contribution in [0.3, 0.4) is 0 Å². The van der Waals surface area contributed by atoms with Crippen molar-refractivity contribution in [2.24, 2.45) is 0 Å². The van der Waals surface area contributed by atoms with E-state index in [1.165, 1.54) is 53.7 Å². The van der Waals surface area contributed by atoms with Crippen molar-refractivity contribution >= 4 is 33.3 Å². The Balaban J connectivity index is 2.08. The van der Waals surface area contributed by atoms with Gasteiger partial charge in [-0.3, -0.25) is 14.9 Å². The second-order valence-electron chi connectivity index (χ2n) is 6.45. The lowest BCUT2D eigenvalue weighted by Gasteiger charge is -2.18. The zero-order chi connectivity index (χ0) is 23.2. The summed E-state index contributed by atoms with van der Waals surface area (Å²) in [6, 6.07) is 9.59. The molecular weight excluding hydrogens is 426 g/mol. The number of nitro groups is 1. The molecule has 0 unspecified atom stereocenters. The Hall–Kier alpha value is -3.31. The van der Waals surface area contributed by atoms with Crippen molar-refractivity contribution in [3.8, 4) is 0 Å². The minimum atomic E-state index is -3.75. The molecular formula is C20H23N3O7S. The van der Waals surface area contributed by atoms with E-state index in [-0.39, 0.29) is 40.5 Å². The maximum atomic E-state index is 12.6. The van der Waals surface area contributed by atoms with Crippen LogP contribution in [0.25, 0.3) is 0 Å². The highest BCUT2D eigenvalue weighted by Crippen LogP contribution is 2.25. The van der Waals surface area contributed by atoms with Gasteiger partial charge in [0.1, 0.15) is 0 Å². The van der Waals surface area contributed by atoms with E-state index in [0.717, 1.165) is 0 Å². The number of nitro benzene ring substituents is 1. The summed E-state index contributed by atoms with van der Waals surface area (Å²) >= 11 is 0. The number of nitrogens with one attached hydrogen (secondary N) is 1. The maximum Gasteiger partial charge on any atom is 0.338 e. The van der Waals surface area contributed by atoms with Gasteiger partial charge in [-0.15, -0.1) is 0 Å². The Kier molecular flexibility index (Phi) is 7.83. The van der Waals surface area contributed by atoms with Crippen LogP contribution in [0, 0.1) is 17.0 Å². The summed E-state index contributed by atoms with van der Waals surface area (Å²) in [6.45, 7) is 4.83. The number of carbonyl (C=O) groups is 2. The molecule has 0 saturated heterocycles. The van der Waals surface area contributed by atoms with Crippen molar-refractivity contribution in [2.45, 2.75) is 25.7 Å². The third-order valence-corrected chi connectivity index (χ3v) is 6.57. The first-order valence-corrected chi connectivity index (χ1v) is 10.9. The molecule has 0 heterocycles. The van der Waals surface area contributed by atoms with Crippen LogP contribution < -0.4 is 5.32 Å². The van der Waals surface area contributed by atoms with Crippen molar-refractivity contribution in [3.05, 3.63) is 63.7 Å². The van der Waals surface area contributed by atoms with Crippen molar-refractivity contribution < 1.29 is 27.7 Å². The van der Waals surface area contributed by atoms with Gasteiger partial charge in [0.2, 0.25) is 10.0 Å². The fourth-order valence-electron chi connectivity index (χ4n) is 2.85. The molecule has 10 nitrogen and oxygen atoms in total. The molecule has 2 rings (SSSR count). The summed E-state index contributed by atoms with van der Waals surface area (Å²) < 4.78 is 31.4. The molecule has 0 aliphatic rings. The van der Waals surface area contributed by atoms with Gasteiger partial charge in [-0.05, 0) is 31.2 Å². The average Bonchev–Trinajstić information content (AvgIpc) is 2.74. The van der Waals surface area contributed by atoms with E-state index in [9.17, 15) is 28.1 Å². The summed E-state index contributed by atoms with van der Waals surface area (Å²) in [5, 5.41) is 13.4. The predicted octanol–water partition coefficient (Wildman–Crippen LogP) is 2.73. The number of hydrogen-bond donors (Lipinski definition) is 1. The van der Waals surface area contributed by atoms with Gasteiger partial charge in [-0.1, -0.05) is 26.0 Å². The lowest BCUT2D eigenvalue weighted by Crippen LogP contribution is -2.30. The Morgan fingerprint density at radius 3 is 2.39 bits per heavy atom. The van der Waals surface area contributed by atoms with Gasteiger partial charge in [0.05, 0.1) is 26.6 Å². The Labute approximate surface area is 180 Å². The van der Waals surface area contributed by atoms with Crippen molar-refractivity contribution in [3.63, 3.8) is 0 Å². The number of ether oxygens (including phenoxy) is 1. The molecule has 0 aliphatic heterocycles. The highest BCUT2D eigenvalue weighted by Gasteiger charge is 2.23. The summed E-state index contributed by atoms with van der Waals surface area (Å²) in [4.78, 5) is 34.8. The Morgan fingerprint density at radius 1 is 1.13 bits per heavy atom. The summed E-state index contributed by atoms with van der Waals surface area (Å²) in [7, 11) is -3.75. The molecule has 0 fully saturated rings. The van der Waals surface area contributed by atoms with Gasteiger partial charge in [0, 0.05) is 19.2 Å². The second-order valence-corrected chi connectivity index (χ2v) is 8.39. The summed E-state index contributed by atoms with van der Waals surface area (Å²) in [5.41, 5.74) is 0.317. The minimum absolute atomic E-state index is 0.0208. The Bertz CT molecular complexity index is 1100. The van der Waals surface area contributed by atoms with Crippen LogP contribution in [0.5, 0.6) is 0 Å². The number of carbonyl (C=O) groups excluding carboxylic acids is 2. The number of hydrogen-bond acceptors (Lipinski definition) is 7. The highest BCUT2D eigenvalue weighted by molar-refractivity contribution is 7.89. The molecule has 0 spiro atoms. The molecule has 0 aliphatic carbocycles. The standard InChI is InChI=1S/C20H23N3O7S/c1-4-22(5-2)31(28,29)16-9-6-8-15(12-16)20(25)30-13-19(24)21-17-10-7-11-18(14(17)3)23(26)27/h6-12H,4-5,13H2,1-3H3,(H,21,24). The van der Waals surface area contributed by atoms with Crippen molar-refractivity contribution in [1.29, 1.82) is 0 Å². The van der Waals surface area contributed by atoms with Crippen LogP contribution in [-0.2, 0) is 19.6 Å². The summed E-state index contributed by atoms with van der Waals surface area (Å²) in [6.07, 6.45) is 0. The molecule has 1 amide bonds. The molecule has 1 N–H and O–H groups in total. The third-order valence-electron chi connectivity index (χ3n) is 4.52. The van der Waals surface area contributed by atoms with Gasteiger partial charge < -0.3 is 10.1 Å². The number of anilines is 1. The molecule has 166 valence electrons. The first-order valence-electron chi connectivity index (χ1n) is 9.43. The summed E-state index contributed by atoms with van der Waals surface area (Å²) in [5.74, 6) is -1.56. The molecule has 11 heteroatoms. The lowest BCUT2D eigenvalue weighted by atomic mass is 10.1. The SMILES string of the molecule is CCN(CC)S(=O)(=O)c1cccc(C(=O)OCC(=O)Nc2cccc([N+](=O)[O-])c2C)c1. The minimum Gasteiger partial charge on any atom is -0.452 e. The third kappa shape index (κ3) is 5.64. The number of rotatable bonds is 9. The number of nitrogens with zero attached hydrogens (tertiary/aromatic N) is 2. The normalized spacial score (nSPS) is 11.2. The van der Waals surface area contributed by atoms with Crippen LogP contribution in [0.1, 0.15) is 29.8 Å². The molecule has 0 atom stereocenters. The van der Waals surface area contributed by atoms with Gasteiger partial charge in [0.25, 0.3) is 11.6 Å². The van der Waals surface area contributed by atoms with Crippen LogP contribution in [-0.4, -0.2) is 49.2 Å². The van der Waals surface area contributed by atoms with Gasteiger partial charge in [-0.25, -0.2) is 13.2 Å². The zero-order valence-electron chi connectivity index (χ0n) is 17.3. The molecule has 0 radical (unpaired) electrons. The smallest absolute Gasteiger partial charge is 0.338 e.